The molecule has 0 radical (unpaired) electrons. The van der Waals surface area contributed by atoms with Gasteiger partial charge < -0.3 is 5.32 Å². The molecule has 0 saturated heterocycles. The Hall–Kier alpha value is -2.71. The topological polar surface area (TPSA) is 12.0 Å². The highest BCUT2D eigenvalue weighted by molar-refractivity contribution is 7.80. The quantitative estimate of drug-likeness (QED) is 0.588. The van der Waals surface area contributed by atoms with E-state index < -0.39 is 0 Å². The number of aryl methyl sites for hydroxylation is 2. The monoisotopic (exact) mass is 357 g/mol. The van der Waals surface area contributed by atoms with E-state index in [0.29, 0.717) is 6.54 Å². The highest BCUT2D eigenvalue weighted by atomic mass is 32.1. The van der Waals surface area contributed by atoms with E-state index in [9.17, 15) is 0 Å². The predicted octanol–water partition coefficient (Wildman–Crippen LogP) is 5.70. The number of thiocarbonyl (C=S) groups is 1. The number of benzene rings is 3. The normalized spacial score (nSPS) is 10.2. The summed E-state index contributed by atoms with van der Waals surface area (Å²) in [6.07, 6.45) is 2.21. The van der Waals surface area contributed by atoms with Crippen molar-refractivity contribution in [3.63, 3.8) is 0 Å². The Morgan fingerprint density at radius 1 is 0.731 bits per heavy atom. The SMILES string of the molecule is Cc1ccc(C(=CCNC(=S)c2ccccc2)c2ccc(C)cc2)cc1. The Bertz CT molecular complexity index is 844. The molecule has 3 aromatic rings. The molecule has 1 N–H and O–H groups in total. The maximum absolute atomic E-state index is 5.50. The molecular formula is C24H23NS. The van der Waals surface area contributed by atoms with Crippen LogP contribution in [0.5, 0.6) is 0 Å². The second-order valence-corrected chi connectivity index (χ2v) is 6.83. The van der Waals surface area contributed by atoms with Crippen LogP contribution in [0.25, 0.3) is 5.57 Å². The third kappa shape index (κ3) is 4.68. The van der Waals surface area contributed by atoms with Crippen molar-refractivity contribution in [2.75, 3.05) is 6.54 Å². The average molecular weight is 358 g/mol. The molecule has 1 nitrogen and oxygen atoms in total. The summed E-state index contributed by atoms with van der Waals surface area (Å²) >= 11 is 5.50. The zero-order chi connectivity index (χ0) is 18.4. The van der Waals surface area contributed by atoms with E-state index in [1.54, 1.807) is 0 Å². The highest BCUT2D eigenvalue weighted by Gasteiger charge is 2.05. The fraction of sp³-hybridized carbons (Fsp3) is 0.125. The van der Waals surface area contributed by atoms with Crippen molar-refractivity contribution in [2.24, 2.45) is 0 Å². The second kappa shape index (κ2) is 8.59. The van der Waals surface area contributed by atoms with Gasteiger partial charge in [-0.25, -0.2) is 0 Å². The molecule has 0 aliphatic carbocycles. The molecule has 3 aromatic carbocycles. The van der Waals surface area contributed by atoms with Crippen LogP contribution < -0.4 is 5.32 Å². The number of rotatable bonds is 5. The third-order valence-corrected chi connectivity index (χ3v) is 4.71. The third-order valence-electron chi connectivity index (χ3n) is 4.33. The standard InChI is InChI=1S/C24H23NS/c1-18-8-12-20(13-9-18)23(21-14-10-19(2)11-15-21)16-17-25-24(26)22-6-4-3-5-7-22/h3-16H,17H2,1-2H3,(H,25,26). The first-order valence-electron chi connectivity index (χ1n) is 8.81. The van der Waals surface area contributed by atoms with E-state index in [4.69, 9.17) is 12.2 Å². The van der Waals surface area contributed by atoms with Gasteiger partial charge in [0.15, 0.2) is 0 Å². The predicted molar refractivity (Wildman–Crippen MR) is 116 cm³/mol. The molecule has 0 unspecified atom stereocenters. The molecule has 0 amide bonds. The van der Waals surface area contributed by atoms with Crippen molar-refractivity contribution >= 4 is 22.8 Å². The van der Waals surface area contributed by atoms with Gasteiger partial charge >= 0.3 is 0 Å². The molecule has 0 aliphatic rings. The molecule has 2 heteroatoms. The summed E-state index contributed by atoms with van der Waals surface area (Å²) in [5.41, 5.74) is 7.22. The van der Waals surface area contributed by atoms with Crippen LogP contribution in [0.4, 0.5) is 0 Å². The van der Waals surface area contributed by atoms with Crippen molar-refractivity contribution in [2.45, 2.75) is 13.8 Å². The molecule has 0 bridgehead atoms. The van der Waals surface area contributed by atoms with Gasteiger partial charge in [-0.3, -0.25) is 0 Å². The van der Waals surface area contributed by atoms with Crippen molar-refractivity contribution in [1.82, 2.24) is 5.32 Å². The van der Waals surface area contributed by atoms with E-state index in [0.717, 1.165) is 10.6 Å². The number of hydrogen-bond donors (Lipinski definition) is 1. The van der Waals surface area contributed by atoms with E-state index in [-0.39, 0.29) is 0 Å². The van der Waals surface area contributed by atoms with Crippen molar-refractivity contribution in [3.05, 3.63) is 113 Å². The van der Waals surface area contributed by atoms with Gasteiger partial charge in [-0.05, 0) is 30.5 Å². The molecule has 0 saturated carbocycles. The summed E-state index contributed by atoms with van der Waals surface area (Å²) in [4.78, 5) is 0.772. The van der Waals surface area contributed by atoms with Gasteiger partial charge in [-0.1, -0.05) is 108 Å². The summed E-state index contributed by atoms with van der Waals surface area (Å²) in [7, 11) is 0. The van der Waals surface area contributed by atoms with E-state index in [1.165, 1.54) is 27.8 Å². The first kappa shape index (κ1) is 18.1. The van der Waals surface area contributed by atoms with Gasteiger partial charge in [0, 0.05) is 12.1 Å². The molecule has 0 spiro atoms. The van der Waals surface area contributed by atoms with Crippen LogP contribution in [0.3, 0.4) is 0 Å². The largest absolute Gasteiger partial charge is 0.372 e. The lowest BCUT2D eigenvalue weighted by atomic mass is 9.96. The van der Waals surface area contributed by atoms with Gasteiger partial charge in [0.2, 0.25) is 0 Å². The lowest BCUT2D eigenvalue weighted by Crippen LogP contribution is -2.22. The van der Waals surface area contributed by atoms with Crippen molar-refractivity contribution in [3.8, 4) is 0 Å². The molecule has 0 heterocycles. The Kier molecular flexibility index (Phi) is 5.98. The van der Waals surface area contributed by atoms with Crippen LogP contribution in [0.15, 0.2) is 84.9 Å². The average Bonchev–Trinajstić information content (AvgIpc) is 2.68. The summed E-state index contributed by atoms with van der Waals surface area (Å²) in [5, 5.41) is 3.35. The first-order chi connectivity index (χ1) is 12.6. The minimum absolute atomic E-state index is 0.685. The molecule has 0 atom stereocenters. The zero-order valence-corrected chi connectivity index (χ0v) is 16.0. The van der Waals surface area contributed by atoms with Gasteiger partial charge in [-0.15, -0.1) is 0 Å². The highest BCUT2D eigenvalue weighted by Crippen LogP contribution is 2.24. The van der Waals surface area contributed by atoms with E-state index in [1.807, 2.05) is 30.3 Å². The molecular weight excluding hydrogens is 334 g/mol. The van der Waals surface area contributed by atoms with Crippen molar-refractivity contribution in [1.29, 1.82) is 0 Å². The van der Waals surface area contributed by atoms with Crippen LogP contribution in [0, 0.1) is 13.8 Å². The summed E-state index contributed by atoms with van der Waals surface area (Å²) in [6.45, 7) is 4.91. The van der Waals surface area contributed by atoms with Crippen molar-refractivity contribution < 1.29 is 0 Å². The summed E-state index contributed by atoms with van der Waals surface area (Å²) in [6, 6.07) is 27.4. The first-order valence-corrected chi connectivity index (χ1v) is 9.22. The minimum Gasteiger partial charge on any atom is -0.372 e. The lowest BCUT2D eigenvalue weighted by Gasteiger charge is -2.11. The van der Waals surface area contributed by atoms with Gasteiger partial charge in [0.1, 0.15) is 4.99 Å². The Morgan fingerprint density at radius 3 is 1.73 bits per heavy atom. The Morgan fingerprint density at radius 2 is 1.23 bits per heavy atom. The maximum Gasteiger partial charge on any atom is 0.106 e. The Balaban J connectivity index is 1.83. The van der Waals surface area contributed by atoms with Crippen LogP contribution in [-0.2, 0) is 0 Å². The second-order valence-electron chi connectivity index (χ2n) is 6.43. The maximum atomic E-state index is 5.50. The fourth-order valence-electron chi connectivity index (χ4n) is 2.81. The van der Waals surface area contributed by atoms with Gasteiger partial charge in [-0.2, -0.15) is 0 Å². The smallest absolute Gasteiger partial charge is 0.106 e. The van der Waals surface area contributed by atoms with Crippen LogP contribution >= 0.6 is 12.2 Å². The van der Waals surface area contributed by atoms with Gasteiger partial charge in [0.25, 0.3) is 0 Å². The van der Waals surface area contributed by atoms with E-state index >= 15 is 0 Å². The minimum atomic E-state index is 0.685. The summed E-state index contributed by atoms with van der Waals surface area (Å²) < 4.78 is 0. The summed E-state index contributed by atoms with van der Waals surface area (Å²) in [5.74, 6) is 0. The van der Waals surface area contributed by atoms with Crippen LogP contribution in [0.2, 0.25) is 0 Å². The van der Waals surface area contributed by atoms with E-state index in [2.05, 4.69) is 73.8 Å². The molecule has 0 aromatic heterocycles. The molecule has 0 aliphatic heterocycles. The molecule has 26 heavy (non-hydrogen) atoms. The van der Waals surface area contributed by atoms with Crippen LogP contribution in [-0.4, -0.2) is 11.5 Å². The molecule has 0 fully saturated rings. The molecule has 3 rings (SSSR count). The number of hydrogen-bond acceptors (Lipinski definition) is 1. The number of nitrogens with one attached hydrogen (secondary N) is 1. The Labute approximate surface area is 161 Å². The van der Waals surface area contributed by atoms with Gasteiger partial charge in [0.05, 0.1) is 0 Å². The zero-order valence-electron chi connectivity index (χ0n) is 15.2. The fourth-order valence-corrected chi connectivity index (χ4v) is 3.03. The lowest BCUT2D eigenvalue weighted by molar-refractivity contribution is 1.06. The molecule has 130 valence electrons. The van der Waals surface area contributed by atoms with Crippen LogP contribution in [0.1, 0.15) is 27.8 Å².